The Morgan fingerprint density at radius 1 is 1.17 bits per heavy atom. The van der Waals surface area contributed by atoms with Crippen LogP contribution in [0.4, 0.5) is 5.69 Å². The van der Waals surface area contributed by atoms with Crippen molar-refractivity contribution < 1.29 is 22.7 Å². The Morgan fingerprint density at radius 2 is 1.86 bits per heavy atom. The highest BCUT2D eigenvalue weighted by Gasteiger charge is 2.26. The summed E-state index contributed by atoms with van der Waals surface area (Å²) in [7, 11) is -3.87. The molecule has 0 saturated heterocycles. The van der Waals surface area contributed by atoms with E-state index in [2.05, 4.69) is 10.3 Å². The number of amides is 1. The number of carbonyl (C=O) groups excluding carboxylic acids is 2. The van der Waals surface area contributed by atoms with Gasteiger partial charge in [0.1, 0.15) is 4.90 Å². The van der Waals surface area contributed by atoms with Crippen LogP contribution < -0.4 is 5.32 Å². The number of sulfonamides is 1. The molecule has 29 heavy (non-hydrogen) atoms. The second-order valence-corrected chi connectivity index (χ2v) is 8.37. The van der Waals surface area contributed by atoms with Gasteiger partial charge in [-0.2, -0.15) is 4.31 Å². The van der Waals surface area contributed by atoms with E-state index in [0.717, 1.165) is 6.07 Å². The molecule has 0 bridgehead atoms. The summed E-state index contributed by atoms with van der Waals surface area (Å²) >= 11 is 11.9. The van der Waals surface area contributed by atoms with Crippen LogP contribution >= 0.6 is 23.2 Å². The molecule has 2 aromatic rings. The van der Waals surface area contributed by atoms with Crippen molar-refractivity contribution >= 4 is 50.8 Å². The van der Waals surface area contributed by atoms with Crippen LogP contribution in [-0.4, -0.2) is 49.3 Å². The Kier molecular flexibility index (Phi) is 7.97. The molecule has 1 heterocycles. The van der Waals surface area contributed by atoms with Gasteiger partial charge in [-0.15, -0.1) is 0 Å². The molecule has 1 amide bonds. The van der Waals surface area contributed by atoms with Crippen LogP contribution in [-0.2, 0) is 19.6 Å². The number of benzene rings is 1. The van der Waals surface area contributed by atoms with Gasteiger partial charge in [0.15, 0.2) is 11.8 Å². The van der Waals surface area contributed by atoms with Crippen LogP contribution in [0.15, 0.2) is 41.4 Å². The lowest BCUT2D eigenvalue weighted by atomic mass is 10.2. The van der Waals surface area contributed by atoms with E-state index >= 15 is 0 Å². The summed E-state index contributed by atoms with van der Waals surface area (Å²) in [5.74, 6) is -1.50. The molecular formula is C18H19Cl2N3O5S. The van der Waals surface area contributed by atoms with E-state index in [1.54, 1.807) is 26.0 Å². The summed E-state index contributed by atoms with van der Waals surface area (Å²) in [5, 5.41) is 2.54. The molecule has 0 radical (unpaired) electrons. The van der Waals surface area contributed by atoms with Crippen molar-refractivity contribution in [3.05, 3.63) is 52.3 Å². The second-order valence-electron chi connectivity index (χ2n) is 5.70. The maximum Gasteiger partial charge on any atom is 0.338 e. The number of anilines is 1. The van der Waals surface area contributed by atoms with Crippen LogP contribution in [0, 0.1) is 0 Å². The van der Waals surface area contributed by atoms with Crippen LogP contribution in [0.1, 0.15) is 24.2 Å². The zero-order chi connectivity index (χ0) is 21.6. The van der Waals surface area contributed by atoms with E-state index in [9.17, 15) is 18.0 Å². The van der Waals surface area contributed by atoms with Gasteiger partial charge in [0.05, 0.1) is 16.3 Å². The maximum absolute atomic E-state index is 12.7. The average molecular weight is 460 g/mol. The molecule has 1 N–H and O–H groups in total. The smallest absolute Gasteiger partial charge is 0.338 e. The summed E-state index contributed by atoms with van der Waals surface area (Å²) in [6.45, 7) is 3.30. The fourth-order valence-electron chi connectivity index (χ4n) is 2.41. The molecular weight excluding hydrogens is 441 g/mol. The van der Waals surface area contributed by atoms with Gasteiger partial charge in [-0.3, -0.25) is 4.79 Å². The summed E-state index contributed by atoms with van der Waals surface area (Å²) in [6, 6.07) is 6.87. The van der Waals surface area contributed by atoms with Crippen LogP contribution in [0.25, 0.3) is 0 Å². The summed E-state index contributed by atoms with van der Waals surface area (Å²) < 4.78 is 31.6. The number of nitrogens with zero attached hydrogens (tertiary/aromatic N) is 2. The Bertz CT molecular complexity index is 1010. The van der Waals surface area contributed by atoms with E-state index in [0.29, 0.717) is 0 Å². The number of ether oxygens (including phenoxy) is 1. The predicted molar refractivity (Wildman–Crippen MR) is 110 cm³/mol. The molecule has 1 aromatic carbocycles. The van der Waals surface area contributed by atoms with E-state index in [1.165, 1.54) is 22.6 Å². The van der Waals surface area contributed by atoms with Crippen LogP contribution in [0.5, 0.6) is 0 Å². The van der Waals surface area contributed by atoms with Gasteiger partial charge >= 0.3 is 5.97 Å². The van der Waals surface area contributed by atoms with E-state index in [1.807, 2.05) is 0 Å². The number of hydrogen-bond donors (Lipinski definition) is 1. The normalized spacial score (nSPS) is 11.3. The molecule has 1 aromatic heterocycles. The van der Waals surface area contributed by atoms with Crippen molar-refractivity contribution in [2.24, 2.45) is 0 Å². The number of pyridine rings is 1. The number of halogens is 2. The maximum atomic E-state index is 12.7. The lowest BCUT2D eigenvalue weighted by Crippen LogP contribution is -2.31. The molecule has 0 saturated carbocycles. The van der Waals surface area contributed by atoms with Gasteiger partial charge < -0.3 is 10.1 Å². The summed E-state index contributed by atoms with van der Waals surface area (Å²) in [4.78, 5) is 27.8. The molecule has 0 spiro atoms. The number of rotatable bonds is 8. The van der Waals surface area contributed by atoms with Crippen molar-refractivity contribution in [2.45, 2.75) is 18.7 Å². The molecule has 0 aliphatic rings. The first-order chi connectivity index (χ1) is 13.7. The molecule has 156 valence electrons. The van der Waals surface area contributed by atoms with Gasteiger partial charge in [-0.1, -0.05) is 37.0 Å². The first-order valence-corrected chi connectivity index (χ1v) is 10.8. The molecule has 11 heteroatoms. The largest absolute Gasteiger partial charge is 0.452 e. The Labute approximate surface area is 178 Å². The summed E-state index contributed by atoms with van der Waals surface area (Å²) in [5.41, 5.74) is 0.224. The third-order valence-electron chi connectivity index (χ3n) is 3.86. The van der Waals surface area contributed by atoms with E-state index in [4.69, 9.17) is 27.9 Å². The molecule has 2 rings (SSSR count). The van der Waals surface area contributed by atoms with E-state index in [-0.39, 0.29) is 39.4 Å². The number of nitrogens with one attached hydrogen (secondary N) is 1. The Morgan fingerprint density at radius 3 is 2.48 bits per heavy atom. The molecule has 8 nitrogen and oxygen atoms in total. The Balaban J connectivity index is 2.12. The van der Waals surface area contributed by atoms with Crippen molar-refractivity contribution in [1.29, 1.82) is 0 Å². The van der Waals surface area contributed by atoms with Crippen molar-refractivity contribution in [3.63, 3.8) is 0 Å². The zero-order valence-electron chi connectivity index (χ0n) is 15.7. The monoisotopic (exact) mass is 459 g/mol. The molecule has 0 atom stereocenters. The minimum absolute atomic E-state index is 0.0163. The van der Waals surface area contributed by atoms with Crippen molar-refractivity contribution in [1.82, 2.24) is 9.29 Å². The van der Waals surface area contributed by atoms with Crippen LogP contribution in [0.3, 0.4) is 0 Å². The highest BCUT2D eigenvalue weighted by atomic mass is 35.5. The van der Waals surface area contributed by atoms with Gasteiger partial charge in [-0.05, 0) is 30.3 Å². The molecule has 0 aliphatic carbocycles. The van der Waals surface area contributed by atoms with Gasteiger partial charge in [0, 0.05) is 19.3 Å². The lowest BCUT2D eigenvalue weighted by Gasteiger charge is -2.19. The standard InChI is InChI=1S/C18H19Cl2N3O5S/c1-3-23(4-2)29(26,27)15-10-12(7-8-13(15)19)18(25)28-11-16(24)22-14-6-5-9-21-17(14)20/h5-10H,3-4,11H2,1-2H3,(H,22,24). The number of esters is 1. The quantitative estimate of drug-likeness (QED) is 0.479. The van der Waals surface area contributed by atoms with Gasteiger partial charge in [0.2, 0.25) is 10.0 Å². The third-order valence-corrected chi connectivity index (χ3v) is 6.69. The van der Waals surface area contributed by atoms with Crippen molar-refractivity contribution in [2.75, 3.05) is 25.0 Å². The first-order valence-electron chi connectivity index (χ1n) is 8.57. The number of hydrogen-bond acceptors (Lipinski definition) is 6. The molecule has 0 unspecified atom stereocenters. The minimum Gasteiger partial charge on any atom is -0.452 e. The van der Waals surface area contributed by atoms with Gasteiger partial charge in [-0.25, -0.2) is 18.2 Å². The van der Waals surface area contributed by atoms with E-state index < -0.39 is 28.5 Å². The summed E-state index contributed by atoms with van der Waals surface area (Å²) in [6.07, 6.45) is 1.46. The van der Waals surface area contributed by atoms with Crippen LogP contribution in [0.2, 0.25) is 10.2 Å². The molecule has 0 aliphatic heterocycles. The topological polar surface area (TPSA) is 106 Å². The molecule has 0 fully saturated rings. The zero-order valence-corrected chi connectivity index (χ0v) is 18.0. The number of aromatic nitrogens is 1. The fraction of sp³-hybridized carbons (Fsp3) is 0.278. The highest BCUT2D eigenvalue weighted by Crippen LogP contribution is 2.26. The Hall–Kier alpha value is -2.20. The van der Waals surface area contributed by atoms with Crippen molar-refractivity contribution in [3.8, 4) is 0 Å². The predicted octanol–water partition coefficient (Wildman–Crippen LogP) is 3.21. The third kappa shape index (κ3) is 5.66. The average Bonchev–Trinajstić information content (AvgIpc) is 2.69. The van der Waals surface area contributed by atoms with Gasteiger partial charge in [0.25, 0.3) is 5.91 Å². The highest BCUT2D eigenvalue weighted by molar-refractivity contribution is 7.89. The first kappa shape index (κ1) is 23.1. The SMILES string of the molecule is CCN(CC)S(=O)(=O)c1cc(C(=O)OCC(=O)Nc2cccnc2Cl)ccc1Cl. The second kappa shape index (κ2) is 10.0. The fourth-order valence-corrected chi connectivity index (χ4v) is 4.54. The lowest BCUT2D eigenvalue weighted by molar-refractivity contribution is -0.119. The minimum atomic E-state index is -3.87. The number of carbonyl (C=O) groups is 2.